The highest BCUT2D eigenvalue weighted by Gasteiger charge is 2.19. The van der Waals surface area contributed by atoms with Crippen LogP contribution in [0.1, 0.15) is 47.0 Å². The van der Waals surface area contributed by atoms with E-state index in [0.29, 0.717) is 5.92 Å². The van der Waals surface area contributed by atoms with Crippen molar-refractivity contribution >= 4 is 18.3 Å². The van der Waals surface area contributed by atoms with E-state index in [4.69, 9.17) is 5.73 Å². The summed E-state index contributed by atoms with van der Waals surface area (Å²) in [7, 11) is 0. The third kappa shape index (κ3) is 6.33. The molecule has 1 amide bonds. The number of hydrogen-bond acceptors (Lipinski definition) is 2. The number of rotatable bonds is 7. The number of likely N-dealkylation sites (N-methyl/N-ethyl adjacent to an activating group) is 1. The van der Waals surface area contributed by atoms with E-state index >= 15 is 0 Å². The first-order valence-corrected chi connectivity index (χ1v) is 6.11. The van der Waals surface area contributed by atoms with Gasteiger partial charge in [0.2, 0.25) is 5.91 Å². The monoisotopic (exact) mass is 250 g/mol. The lowest BCUT2D eigenvalue weighted by Crippen LogP contribution is -2.45. The van der Waals surface area contributed by atoms with Gasteiger partial charge in [-0.15, -0.1) is 12.4 Å². The maximum Gasteiger partial charge on any atom is 0.239 e. The fourth-order valence-electron chi connectivity index (χ4n) is 1.55. The van der Waals surface area contributed by atoms with Crippen LogP contribution in [-0.4, -0.2) is 29.9 Å². The predicted octanol–water partition coefficient (Wildman–Crippen LogP) is 2.43. The van der Waals surface area contributed by atoms with Gasteiger partial charge in [0, 0.05) is 13.1 Å². The van der Waals surface area contributed by atoms with E-state index in [1.165, 1.54) is 0 Å². The van der Waals surface area contributed by atoms with Crippen molar-refractivity contribution in [1.82, 2.24) is 4.90 Å². The molecule has 2 atom stereocenters. The second-order valence-corrected chi connectivity index (χ2v) is 4.29. The largest absolute Gasteiger partial charge is 0.341 e. The molecule has 4 heteroatoms. The summed E-state index contributed by atoms with van der Waals surface area (Å²) < 4.78 is 0. The molecule has 3 nitrogen and oxygen atoms in total. The molecule has 0 aliphatic rings. The second kappa shape index (κ2) is 9.91. The Labute approximate surface area is 106 Å². The number of carbonyl (C=O) groups is 1. The van der Waals surface area contributed by atoms with Gasteiger partial charge < -0.3 is 10.6 Å². The molecule has 0 fully saturated rings. The molecular formula is C12H27ClN2O. The SMILES string of the molecule is CCCC(N)C(=O)N(CC)CC(C)CC.Cl. The zero-order chi connectivity index (χ0) is 11.8. The van der Waals surface area contributed by atoms with Crippen LogP contribution in [0.2, 0.25) is 0 Å². The van der Waals surface area contributed by atoms with Gasteiger partial charge in [0.25, 0.3) is 0 Å². The van der Waals surface area contributed by atoms with Crippen molar-refractivity contribution in [2.24, 2.45) is 11.7 Å². The van der Waals surface area contributed by atoms with Gasteiger partial charge in [-0.25, -0.2) is 0 Å². The lowest BCUT2D eigenvalue weighted by Gasteiger charge is -2.26. The normalized spacial score (nSPS) is 13.8. The lowest BCUT2D eigenvalue weighted by atomic mass is 10.1. The van der Waals surface area contributed by atoms with E-state index in [1.54, 1.807) is 0 Å². The molecule has 2 unspecified atom stereocenters. The molecule has 2 N–H and O–H groups in total. The third-order valence-electron chi connectivity index (χ3n) is 2.84. The van der Waals surface area contributed by atoms with Crippen molar-refractivity contribution in [3.05, 3.63) is 0 Å². The summed E-state index contributed by atoms with van der Waals surface area (Å²) in [6.45, 7) is 9.98. The van der Waals surface area contributed by atoms with E-state index in [1.807, 2.05) is 11.8 Å². The molecule has 0 spiro atoms. The number of hydrogen-bond donors (Lipinski definition) is 1. The number of nitrogens with zero attached hydrogens (tertiary/aromatic N) is 1. The van der Waals surface area contributed by atoms with E-state index < -0.39 is 0 Å². The van der Waals surface area contributed by atoms with Gasteiger partial charge in [0.15, 0.2) is 0 Å². The summed E-state index contributed by atoms with van der Waals surface area (Å²) in [5.41, 5.74) is 5.83. The van der Waals surface area contributed by atoms with Gasteiger partial charge in [-0.2, -0.15) is 0 Å². The van der Waals surface area contributed by atoms with Gasteiger partial charge >= 0.3 is 0 Å². The van der Waals surface area contributed by atoms with Crippen molar-refractivity contribution in [3.63, 3.8) is 0 Å². The molecule has 0 aliphatic carbocycles. The second-order valence-electron chi connectivity index (χ2n) is 4.29. The minimum absolute atomic E-state index is 0. The summed E-state index contributed by atoms with van der Waals surface area (Å²) in [4.78, 5) is 13.8. The summed E-state index contributed by atoms with van der Waals surface area (Å²) in [5, 5.41) is 0. The first-order chi connectivity index (χ1) is 7.06. The molecule has 0 aromatic carbocycles. The van der Waals surface area contributed by atoms with E-state index in [-0.39, 0.29) is 24.4 Å². The van der Waals surface area contributed by atoms with Gasteiger partial charge in [0.1, 0.15) is 0 Å². The van der Waals surface area contributed by atoms with Crippen molar-refractivity contribution in [3.8, 4) is 0 Å². The van der Waals surface area contributed by atoms with Crippen LogP contribution < -0.4 is 5.73 Å². The van der Waals surface area contributed by atoms with E-state index in [2.05, 4.69) is 20.8 Å². The summed E-state index contributed by atoms with van der Waals surface area (Å²) in [5.74, 6) is 0.669. The molecular weight excluding hydrogens is 224 g/mol. The molecule has 0 radical (unpaired) electrons. The van der Waals surface area contributed by atoms with Crippen LogP contribution in [0.5, 0.6) is 0 Å². The van der Waals surface area contributed by atoms with Crippen LogP contribution >= 0.6 is 12.4 Å². The van der Waals surface area contributed by atoms with Gasteiger partial charge in [-0.05, 0) is 19.3 Å². The summed E-state index contributed by atoms with van der Waals surface area (Å²) >= 11 is 0. The average Bonchev–Trinajstić information content (AvgIpc) is 2.24. The molecule has 0 aromatic rings. The lowest BCUT2D eigenvalue weighted by molar-refractivity contribution is -0.133. The Hall–Kier alpha value is -0.280. The van der Waals surface area contributed by atoms with Crippen molar-refractivity contribution in [2.45, 2.75) is 53.0 Å². The Balaban J connectivity index is 0. The Kier molecular flexibility index (Phi) is 11.2. The Morgan fingerprint density at radius 3 is 2.25 bits per heavy atom. The molecule has 0 aromatic heterocycles. The fourth-order valence-corrected chi connectivity index (χ4v) is 1.55. The molecule has 0 saturated heterocycles. The zero-order valence-electron chi connectivity index (χ0n) is 11.0. The van der Waals surface area contributed by atoms with Gasteiger partial charge in [-0.3, -0.25) is 4.79 Å². The van der Waals surface area contributed by atoms with Gasteiger partial charge in [-0.1, -0.05) is 33.6 Å². The molecule has 98 valence electrons. The third-order valence-corrected chi connectivity index (χ3v) is 2.84. The zero-order valence-corrected chi connectivity index (χ0v) is 11.8. The van der Waals surface area contributed by atoms with Crippen LogP contribution in [0.25, 0.3) is 0 Å². The summed E-state index contributed by atoms with van der Waals surface area (Å²) in [6, 6.07) is -0.306. The van der Waals surface area contributed by atoms with Crippen molar-refractivity contribution in [2.75, 3.05) is 13.1 Å². The maximum atomic E-state index is 11.9. The number of nitrogens with two attached hydrogens (primary N) is 1. The minimum Gasteiger partial charge on any atom is -0.341 e. The van der Waals surface area contributed by atoms with Crippen molar-refractivity contribution < 1.29 is 4.79 Å². The quantitative estimate of drug-likeness (QED) is 0.755. The van der Waals surface area contributed by atoms with E-state index in [0.717, 1.165) is 32.4 Å². The van der Waals surface area contributed by atoms with Crippen LogP contribution in [0, 0.1) is 5.92 Å². The predicted molar refractivity (Wildman–Crippen MR) is 71.8 cm³/mol. The molecule has 0 rings (SSSR count). The summed E-state index contributed by atoms with van der Waals surface area (Å²) in [6.07, 6.45) is 2.86. The first kappa shape index (κ1) is 18.1. The highest BCUT2D eigenvalue weighted by molar-refractivity contribution is 5.85. The molecule has 0 aliphatic heterocycles. The Morgan fingerprint density at radius 2 is 1.88 bits per heavy atom. The highest BCUT2D eigenvalue weighted by Crippen LogP contribution is 2.07. The van der Waals surface area contributed by atoms with Crippen LogP contribution in [0.15, 0.2) is 0 Å². The molecule has 0 bridgehead atoms. The first-order valence-electron chi connectivity index (χ1n) is 6.11. The van der Waals surface area contributed by atoms with Crippen LogP contribution in [-0.2, 0) is 4.79 Å². The standard InChI is InChI=1S/C12H26N2O.ClH/c1-5-8-11(13)12(15)14(7-3)9-10(4)6-2;/h10-11H,5-9,13H2,1-4H3;1H. The number of carbonyl (C=O) groups excluding carboxylic acids is 1. The number of amides is 1. The molecule has 0 saturated carbocycles. The number of halogens is 1. The minimum atomic E-state index is -0.306. The van der Waals surface area contributed by atoms with E-state index in [9.17, 15) is 4.79 Å². The van der Waals surface area contributed by atoms with Crippen LogP contribution in [0.3, 0.4) is 0 Å². The molecule has 16 heavy (non-hydrogen) atoms. The highest BCUT2D eigenvalue weighted by atomic mass is 35.5. The Morgan fingerprint density at radius 1 is 1.31 bits per heavy atom. The van der Waals surface area contributed by atoms with Gasteiger partial charge in [0.05, 0.1) is 6.04 Å². The maximum absolute atomic E-state index is 11.9. The topological polar surface area (TPSA) is 46.3 Å². The van der Waals surface area contributed by atoms with Crippen molar-refractivity contribution in [1.29, 1.82) is 0 Å². The fraction of sp³-hybridized carbons (Fsp3) is 0.917. The average molecular weight is 251 g/mol. The van der Waals surface area contributed by atoms with Crippen LogP contribution in [0.4, 0.5) is 0 Å². The smallest absolute Gasteiger partial charge is 0.239 e. The Bertz CT molecular complexity index is 188. The molecule has 0 heterocycles.